The molecule has 0 amide bonds. The molecule has 0 spiro atoms. The predicted octanol–water partition coefficient (Wildman–Crippen LogP) is 3.68. The zero-order valence-corrected chi connectivity index (χ0v) is 16.0. The van der Waals surface area contributed by atoms with E-state index in [1.165, 1.54) is 0 Å². The lowest BCUT2D eigenvalue weighted by atomic mass is 9.96. The Morgan fingerprint density at radius 1 is 1.15 bits per heavy atom. The number of aliphatic hydroxyl groups excluding tert-OH is 1. The summed E-state index contributed by atoms with van der Waals surface area (Å²) in [5.41, 5.74) is -0.227. The van der Waals surface area contributed by atoms with Crippen LogP contribution in [0.2, 0.25) is 5.02 Å². The van der Waals surface area contributed by atoms with Crippen molar-refractivity contribution in [2.75, 3.05) is 0 Å². The summed E-state index contributed by atoms with van der Waals surface area (Å²) >= 11 is 6.09. The van der Waals surface area contributed by atoms with E-state index < -0.39 is 29.7 Å². The number of carbonyl (C=O) groups is 2. The van der Waals surface area contributed by atoms with Crippen molar-refractivity contribution < 1.29 is 29.6 Å². The van der Waals surface area contributed by atoms with E-state index in [-0.39, 0.29) is 34.8 Å². The average molecular weight is 397 g/mol. The summed E-state index contributed by atoms with van der Waals surface area (Å²) in [6, 6.07) is 0.949. The molecule has 6 nitrogen and oxygen atoms in total. The molecule has 1 aromatic rings. The third-order valence-electron chi connectivity index (χ3n) is 4.46. The number of halogens is 1. The third-order valence-corrected chi connectivity index (χ3v) is 4.89. The van der Waals surface area contributed by atoms with Gasteiger partial charge in [0, 0.05) is 30.9 Å². The van der Waals surface area contributed by atoms with Gasteiger partial charge in [0.15, 0.2) is 0 Å². The number of hydrogen-bond acceptors (Lipinski definition) is 6. The first-order valence-corrected chi connectivity index (χ1v) is 9.46. The maximum atomic E-state index is 12.6. The first kappa shape index (κ1) is 21.3. The molecule has 0 fully saturated rings. The van der Waals surface area contributed by atoms with Gasteiger partial charge in [-0.1, -0.05) is 30.2 Å². The van der Waals surface area contributed by atoms with Crippen LogP contribution in [0.1, 0.15) is 61.4 Å². The number of fused-ring (bicyclic) bond motifs is 1. The van der Waals surface area contributed by atoms with Gasteiger partial charge in [0.2, 0.25) is 0 Å². The topological polar surface area (TPSA) is 104 Å². The zero-order valence-electron chi connectivity index (χ0n) is 15.3. The number of ketones is 1. The highest BCUT2D eigenvalue weighted by Gasteiger charge is 2.26. The molecule has 0 radical (unpaired) electrons. The van der Waals surface area contributed by atoms with Crippen molar-refractivity contribution in [3.8, 4) is 11.5 Å². The number of aromatic hydroxyl groups is 2. The van der Waals surface area contributed by atoms with Gasteiger partial charge in [0.05, 0.1) is 11.1 Å². The van der Waals surface area contributed by atoms with Gasteiger partial charge in [-0.05, 0) is 26.2 Å². The van der Waals surface area contributed by atoms with Crippen LogP contribution >= 0.6 is 11.6 Å². The summed E-state index contributed by atoms with van der Waals surface area (Å²) in [7, 11) is 0. The number of allylic oxidation sites excluding steroid dienone is 1. The molecule has 148 valence electrons. The Bertz CT molecular complexity index is 728. The van der Waals surface area contributed by atoms with Crippen molar-refractivity contribution in [1.29, 1.82) is 0 Å². The molecule has 0 aromatic heterocycles. The summed E-state index contributed by atoms with van der Waals surface area (Å²) in [4.78, 5) is 24.9. The van der Waals surface area contributed by atoms with E-state index in [4.69, 9.17) is 16.3 Å². The summed E-state index contributed by atoms with van der Waals surface area (Å²) in [6.45, 7) is 1.73. The minimum Gasteiger partial charge on any atom is -0.507 e. The molecule has 0 aliphatic carbocycles. The second kappa shape index (κ2) is 9.76. The van der Waals surface area contributed by atoms with Crippen LogP contribution in [0.25, 0.3) is 0 Å². The van der Waals surface area contributed by atoms with Crippen LogP contribution in [-0.4, -0.2) is 39.3 Å². The normalized spacial score (nSPS) is 22.9. The lowest BCUT2D eigenvalue weighted by Gasteiger charge is -2.17. The van der Waals surface area contributed by atoms with Gasteiger partial charge in [-0.15, -0.1) is 0 Å². The highest BCUT2D eigenvalue weighted by Crippen LogP contribution is 2.37. The number of hydrogen-bond donors (Lipinski definition) is 3. The average Bonchev–Trinajstić information content (AvgIpc) is 2.57. The van der Waals surface area contributed by atoms with Crippen molar-refractivity contribution in [2.45, 2.75) is 64.1 Å². The maximum Gasteiger partial charge on any atom is 0.342 e. The van der Waals surface area contributed by atoms with E-state index in [9.17, 15) is 24.9 Å². The molecule has 2 atom stereocenters. The quantitative estimate of drug-likeness (QED) is 0.456. The van der Waals surface area contributed by atoms with E-state index in [2.05, 4.69) is 0 Å². The molecule has 0 bridgehead atoms. The number of esters is 1. The molecule has 2 rings (SSSR count). The monoisotopic (exact) mass is 396 g/mol. The Balaban J connectivity index is 2.38. The molecule has 0 saturated heterocycles. The summed E-state index contributed by atoms with van der Waals surface area (Å²) in [5.74, 6) is -2.09. The molecule has 1 heterocycles. The number of rotatable bonds is 0. The number of Topliss-reactive ketones (excluding diaryl/α,β-unsaturated/α-hetero) is 1. The maximum absolute atomic E-state index is 12.6. The van der Waals surface area contributed by atoms with E-state index in [0.29, 0.717) is 12.8 Å². The number of phenols is 2. The van der Waals surface area contributed by atoms with Crippen LogP contribution in [0.5, 0.6) is 11.5 Å². The van der Waals surface area contributed by atoms with Crippen LogP contribution in [0.15, 0.2) is 18.2 Å². The molecule has 1 aromatic carbocycles. The fourth-order valence-corrected chi connectivity index (χ4v) is 3.27. The highest BCUT2D eigenvalue weighted by molar-refractivity contribution is 6.33. The third kappa shape index (κ3) is 5.97. The molecule has 0 saturated carbocycles. The lowest BCUT2D eigenvalue weighted by molar-refractivity contribution is -0.120. The van der Waals surface area contributed by atoms with Crippen LogP contribution in [0, 0.1) is 0 Å². The van der Waals surface area contributed by atoms with Gasteiger partial charge in [-0.25, -0.2) is 4.79 Å². The number of benzene rings is 1. The fraction of sp³-hybridized carbons (Fsp3) is 0.500. The first-order chi connectivity index (χ1) is 12.8. The summed E-state index contributed by atoms with van der Waals surface area (Å²) in [6.07, 6.45) is 5.87. The Morgan fingerprint density at radius 3 is 2.63 bits per heavy atom. The van der Waals surface area contributed by atoms with Crippen molar-refractivity contribution in [3.05, 3.63) is 34.4 Å². The first-order valence-electron chi connectivity index (χ1n) is 9.08. The molecule has 1 aliphatic rings. The van der Waals surface area contributed by atoms with E-state index in [1.54, 1.807) is 6.92 Å². The van der Waals surface area contributed by atoms with Crippen molar-refractivity contribution in [2.24, 2.45) is 0 Å². The molecular weight excluding hydrogens is 372 g/mol. The van der Waals surface area contributed by atoms with Crippen LogP contribution in [-0.2, 0) is 16.0 Å². The second-order valence-electron chi connectivity index (χ2n) is 6.86. The zero-order chi connectivity index (χ0) is 20.0. The molecule has 1 aliphatic heterocycles. The van der Waals surface area contributed by atoms with E-state index in [1.807, 2.05) is 12.2 Å². The van der Waals surface area contributed by atoms with Crippen molar-refractivity contribution in [3.63, 3.8) is 0 Å². The number of carbonyl (C=O) groups excluding carboxylic acids is 2. The number of ether oxygens (including phenoxy) is 1. The Kier molecular flexibility index (Phi) is 7.68. The Morgan fingerprint density at radius 2 is 1.89 bits per heavy atom. The minimum atomic E-state index is -0.814. The van der Waals surface area contributed by atoms with Crippen LogP contribution in [0.3, 0.4) is 0 Å². The number of aliphatic hydroxyl groups is 1. The second-order valence-corrected chi connectivity index (χ2v) is 7.24. The SMILES string of the molecule is C[C@@H]1CC=CCCCC[C@H](O)CC(=O)Cc2c(Cl)c(O)cc(O)c2C(=O)O1. The standard InChI is InChI=1S/C20H25ClO6/c1-12-7-5-3-2-4-6-8-13(22)9-14(23)10-15-18(20(26)27-12)16(24)11-17(25)19(15)21/h3,5,11-13,22,24-25H,2,4,6-10H2,1H3/t12-,13+/m1/s1. The van der Waals surface area contributed by atoms with Gasteiger partial charge < -0.3 is 20.1 Å². The van der Waals surface area contributed by atoms with Gasteiger partial charge in [0.25, 0.3) is 0 Å². The Labute approximate surface area is 163 Å². The summed E-state index contributed by atoms with van der Waals surface area (Å²) < 4.78 is 5.36. The fourth-order valence-electron chi connectivity index (χ4n) is 3.05. The van der Waals surface area contributed by atoms with Gasteiger partial charge in [-0.3, -0.25) is 4.79 Å². The van der Waals surface area contributed by atoms with Gasteiger partial charge in [0.1, 0.15) is 28.9 Å². The van der Waals surface area contributed by atoms with Gasteiger partial charge in [-0.2, -0.15) is 0 Å². The number of cyclic esters (lactones) is 1. The largest absolute Gasteiger partial charge is 0.507 e. The van der Waals surface area contributed by atoms with E-state index >= 15 is 0 Å². The molecule has 3 N–H and O–H groups in total. The lowest BCUT2D eigenvalue weighted by Crippen LogP contribution is -2.19. The van der Waals surface area contributed by atoms with E-state index in [0.717, 1.165) is 25.3 Å². The molecular formula is C20H25ClO6. The van der Waals surface area contributed by atoms with Gasteiger partial charge >= 0.3 is 5.97 Å². The number of phenolic OH excluding ortho intramolecular Hbond substituents is 2. The van der Waals surface area contributed by atoms with Crippen molar-refractivity contribution in [1.82, 2.24) is 0 Å². The minimum absolute atomic E-state index is 0.00574. The van der Waals surface area contributed by atoms with Crippen LogP contribution in [0.4, 0.5) is 0 Å². The summed E-state index contributed by atoms with van der Waals surface area (Å²) in [5, 5.41) is 29.9. The highest BCUT2D eigenvalue weighted by atomic mass is 35.5. The Hall–Kier alpha value is -2.05. The molecule has 7 heteroatoms. The molecule has 0 unspecified atom stereocenters. The molecule has 27 heavy (non-hydrogen) atoms. The van der Waals surface area contributed by atoms with Crippen molar-refractivity contribution >= 4 is 23.4 Å². The van der Waals surface area contributed by atoms with Crippen LogP contribution < -0.4 is 0 Å². The smallest absolute Gasteiger partial charge is 0.342 e. The predicted molar refractivity (Wildman–Crippen MR) is 101 cm³/mol.